The molecule has 1 N–H and O–H groups in total. The molecule has 0 radical (unpaired) electrons. The molecule has 19 heavy (non-hydrogen) atoms. The molecular formula is C15H26N2O2. The summed E-state index contributed by atoms with van der Waals surface area (Å²) in [6, 6.07) is 8.43. The van der Waals surface area contributed by atoms with Gasteiger partial charge in [-0.3, -0.25) is 0 Å². The number of hydrogen-bond donors (Lipinski definition) is 1. The lowest BCUT2D eigenvalue weighted by molar-refractivity contribution is 0.141. The van der Waals surface area contributed by atoms with Crippen LogP contribution < -0.4 is 10.2 Å². The molecule has 0 spiro atoms. The highest BCUT2D eigenvalue weighted by Gasteiger charge is 2.06. The molecule has 0 heterocycles. The predicted octanol–water partition coefficient (Wildman–Crippen LogP) is 2.61. The Kier molecular flexibility index (Phi) is 8.02. The molecule has 108 valence electrons. The molecule has 1 aromatic carbocycles. The molecule has 0 amide bonds. The van der Waals surface area contributed by atoms with Crippen LogP contribution >= 0.6 is 0 Å². The highest BCUT2D eigenvalue weighted by Crippen LogP contribution is 2.17. The van der Waals surface area contributed by atoms with Crippen molar-refractivity contribution in [1.29, 1.82) is 0 Å². The molecule has 0 atom stereocenters. The van der Waals surface area contributed by atoms with Gasteiger partial charge < -0.3 is 19.7 Å². The highest BCUT2D eigenvalue weighted by atomic mass is 16.5. The van der Waals surface area contributed by atoms with Gasteiger partial charge in [0.2, 0.25) is 0 Å². The molecule has 0 saturated carbocycles. The van der Waals surface area contributed by atoms with Crippen molar-refractivity contribution in [3.8, 4) is 0 Å². The number of hydrogen-bond acceptors (Lipinski definition) is 4. The van der Waals surface area contributed by atoms with E-state index in [4.69, 9.17) is 9.47 Å². The van der Waals surface area contributed by atoms with E-state index in [2.05, 4.69) is 34.5 Å². The Labute approximate surface area is 116 Å². The van der Waals surface area contributed by atoms with Gasteiger partial charge in [0.05, 0.1) is 13.2 Å². The predicted molar refractivity (Wildman–Crippen MR) is 81.2 cm³/mol. The fraction of sp³-hybridized carbons (Fsp3) is 0.600. The smallest absolute Gasteiger partial charge is 0.0641 e. The summed E-state index contributed by atoms with van der Waals surface area (Å²) in [6.07, 6.45) is 0. The Morgan fingerprint density at radius 2 is 1.47 bits per heavy atom. The molecule has 4 nitrogen and oxygen atoms in total. The quantitative estimate of drug-likeness (QED) is 0.660. The van der Waals surface area contributed by atoms with Gasteiger partial charge in [-0.15, -0.1) is 0 Å². The number of ether oxygens (including phenoxy) is 2. The zero-order chi connectivity index (χ0) is 13.9. The minimum Gasteiger partial charge on any atom is -0.388 e. The van der Waals surface area contributed by atoms with Crippen molar-refractivity contribution in [3.63, 3.8) is 0 Å². The van der Waals surface area contributed by atoms with E-state index in [0.717, 1.165) is 45.2 Å². The first kappa shape index (κ1) is 15.8. The summed E-state index contributed by atoms with van der Waals surface area (Å²) in [4.78, 5) is 2.30. The SMILES string of the molecule is CCOCCN(CCOCC)c1ccc(NC)cc1. The van der Waals surface area contributed by atoms with Crippen molar-refractivity contribution in [2.45, 2.75) is 13.8 Å². The minimum atomic E-state index is 0.746. The largest absolute Gasteiger partial charge is 0.388 e. The number of benzene rings is 1. The van der Waals surface area contributed by atoms with Crippen LogP contribution in [0.3, 0.4) is 0 Å². The van der Waals surface area contributed by atoms with Crippen LogP contribution in [0.2, 0.25) is 0 Å². The highest BCUT2D eigenvalue weighted by molar-refractivity contribution is 5.54. The van der Waals surface area contributed by atoms with E-state index >= 15 is 0 Å². The number of rotatable bonds is 10. The van der Waals surface area contributed by atoms with Crippen LogP contribution in [0.4, 0.5) is 11.4 Å². The minimum absolute atomic E-state index is 0.746. The van der Waals surface area contributed by atoms with E-state index in [-0.39, 0.29) is 0 Å². The van der Waals surface area contributed by atoms with Crippen molar-refractivity contribution in [2.24, 2.45) is 0 Å². The van der Waals surface area contributed by atoms with Gasteiger partial charge in [-0.2, -0.15) is 0 Å². The molecule has 0 bridgehead atoms. The fourth-order valence-electron chi connectivity index (χ4n) is 1.85. The third kappa shape index (κ3) is 5.94. The van der Waals surface area contributed by atoms with Crippen LogP contribution in [-0.4, -0.2) is 46.6 Å². The first-order valence-corrected chi connectivity index (χ1v) is 7.00. The molecule has 1 aromatic rings. The van der Waals surface area contributed by atoms with E-state index in [1.807, 2.05) is 20.9 Å². The van der Waals surface area contributed by atoms with Gasteiger partial charge in [-0.25, -0.2) is 0 Å². The summed E-state index contributed by atoms with van der Waals surface area (Å²) >= 11 is 0. The first-order chi connectivity index (χ1) is 9.31. The molecule has 0 aromatic heterocycles. The summed E-state index contributed by atoms with van der Waals surface area (Å²) < 4.78 is 10.9. The summed E-state index contributed by atoms with van der Waals surface area (Å²) in [5, 5.41) is 3.13. The van der Waals surface area contributed by atoms with Gasteiger partial charge in [0, 0.05) is 44.7 Å². The van der Waals surface area contributed by atoms with E-state index in [1.54, 1.807) is 0 Å². The van der Waals surface area contributed by atoms with Crippen molar-refractivity contribution in [1.82, 2.24) is 0 Å². The molecular weight excluding hydrogens is 240 g/mol. The fourth-order valence-corrected chi connectivity index (χ4v) is 1.85. The van der Waals surface area contributed by atoms with Gasteiger partial charge in [0.25, 0.3) is 0 Å². The van der Waals surface area contributed by atoms with Gasteiger partial charge in [-0.05, 0) is 38.1 Å². The standard InChI is InChI=1S/C15H26N2O2/c1-4-18-12-10-17(11-13-19-5-2)15-8-6-14(16-3)7-9-15/h6-9,16H,4-5,10-13H2,1-3H3. The topological polar surface area (TPSA) is 33.7 Å². The van der Waals surface area contributed by atoms with Crippen LogP contribution in [0.25, 0.3) is 0 Å². The van der Waals surface area contributed by atoms with Gasteiger partial charge in [0.15, 0.2) is 0 Å². The maximum absolute atomic E-state index is 5.44. The van der Waals surface area contributed by atoms with E-state index in [9.17, 15) is 0 Å². The summed E-state index contributed by atoms with van der Waals surface area (Å²) in [7, 11) is 1.93. The zero-order valence-corrected chi connectivity index (χ0v) is 12.3. The Morgan fingerprint density at radius 3 is 1.89 bits per heavy atom. The van der Waals surface area contributed by atoms with Crippen molar-refractivity contribution < 1.29 is 9.47 Å². The number of nitrogens with one attached hydrogen (secondary N) is 1. The van der Waals surface area contributed by atoms with E-state index < -0.39 is 0 Å². The summed E-state index contributed by atoms with van der Waals surface area (Å²) in [5.41, 5.74) is 2.33. The molecule has 4 heteroatoms. The van der Waals surface area contributed by atoms with Crippen LogP contribution in [0.5, 0.6) is 0 Å². The van der Waals surface area contributed by atoms with Gasteiger partial charge in [0.1, 0.15) is 0 Å². The lowest BCUT2D eigenvalue weighted by Gasteiger charge is -2.25. The Hall–Kier alpha value is -1.26. The molecule has 0 aliphatic rings. The van der Waals surface area contributed by atoms with Crippen LogP contribution in [0, 0.1) is 0 Å². The number of anilines is 2. The third-order valence-electron chi connectivity index (χ3n) is 2.94. The second kappa shape index (κ2) is 9.64. The van der Waals surface area contributed by atoms with Gasteiger partial charge in [-0.1, -0.05) is 0 Å². The van der Waals surface area contributed by atoms with Crippen molar-refractivity contribution >= 4 is 11.4 Å². The number of nitrogens with zero attached hydrogens (tertiary/aromatic N) is 1. The molecule has 0 saturated heterocycles. The lowest BCUT2D eigenvalue weighted by atomic mass is 10.2. The third-order valence-corrected chi connectivity index (χ3v) is 2.94. The summed E-state index contributed by atoms with van der Waals surface area (Å²) in [5.74, 6) is 0. The maximum atomic E-state index is 5.44. The Morgan fingerprint density at radius 1 is 0.947 bits per heavy atom. The molecule has 0 aliphatic heterocycles. The zero-order valence-electron chi connectivity index (χ0n) is 12.3. The summed E-state index contributed by atoms with van der Waals surface area (Å²) in [6.45, 7) is 8.83. The molecule has 0 unspecified atom stereocenters. The normalized spacial score (nSPS) is 10.5. The van der Waals surface area contributed by atoms with Crippen LogP contribution in [-0.2, 0) is 9.47 Å². The second-order valence-electron chi connectivity index (χ2n) is 4.18. The van der Waals surface area contributed by atoms with Crippen molar-refractivity contribution in [3.05, 3.63) is 24.3 Å². The lowest BCUT2D eigenvalue weighted by Crippen LogP contribution is -2.31. The average Bonchev–Trinajstić information content (AvgIpc) is 2.46. The van der Waals surface area contributed by atoms with E-state index in [1.165, 1.54) is 5.69 Å². The maximum Gasteiger partial charge on any atom is 0.0641 e. The Bertz CT molecular complexity index is 317. The van der Waals surface area contributed by atoms with Crippen LogP contribution in [0.15, 0.2) is 24.3 Å². The Balaban J connectivity index is 2.58. The van der Waals surface area contributed by atoms with E-state index in [0.29, 0.717) is 0 Å². The van der Waals surface area contributed by atoms with Gasteiger partial charge >= 0.3 is 0 Å². The van der Waals surface area contributed by atoms with Crippen molar-refractivity contribution in [2.75, 3.05) is 56.8 Å². The average molecular weight is 266 g/mol. The first-order valence-electron chi connectivity index (χ1n) is 7.00. The molecule has 0 fully saturated rings. The molecule has 1 rings (SSSR count). The monoisotopic (exact) mass is 266 g/mol. The molecule has 0 aliphatic carbocycles. The van der Waals surface area contributed by atoms with Crippen LogP contribution in [0.1, 0.15) is 13.8 Å². The second-order valence-corrected chi connectivity index (χ2v) is 4.18.